The van der Waals surface area contributed by atoms with Crippen LogP contribution in [0.3, 0.4) is 0 Å². The molecule has 1 N–H and O–H groups in total. The van der Waals surface area contributed by atoms with Crippen LogP contribution >= 0.6 is 0 Å². The number of benzene rings is 2. The molecule has 8 heteroatoms. The molecule has 0 aliphatic carbocycles. The van der Waals surface area contributed by atoms with Gasteiger partial charge in [-0.2, -0.15) is 0 Å². The van der Waals surface area contributed by atoms with E-state index in [9.17, 15) is 14.7 Å². The number of likely N-dealkylation sites (tertiary alicyclic amines) is 1. The first-order valence-electron chi connectivity index (χ1n) is 13.4. The lowest BCUT2D eigenvalue weighted by Crippen LogP contribution is -2.33. The summed E-state index contributed by atoms with van der Waals surface area (Å²) in [5.74, 6) is 0.371. The third-order valence-corrected chi connectivity index (χ3v) is 7.28. The number of methoxy groups -OCH3 is 1. The van der Waals surface area contributed by atoms with Crippen molar-refractivity contribution < 1.29 is 28.9 Å². The topological polar surface area (TPSA) is 88.5 Å². The van der Waals surface area contributed by atoms with Gasteiger partial charge >= 0.3 is 0 Å². The number of hydrogen-bond acceptors (Lipinski definition) is 7. The van der Waals surface area contributed by atoms with E-state index in [0.717, 1.165) is 37.4 Å². The van der Waals surface area contributed by atoms with Gasteiger partial charge in [0.25, 0.3) is 11.7 Å². The van der Waals surface area contributed by atoms with Crippen molar-refractivity contribution in [1.82, 2.24) is 9.80 Å². The molecule has 2 aromatic carbocycles. The number of carbonyl (C=O) groups is 2. The zero-order valence-electron chi connectivity index (χ0n) is 23.0. The molecule has 0 unspecified atom stereocenters. The number of aliphatic hydroxyl groups is 1. The second kappa shape index (κ2) is 11.9. The minimum absolute atomic E-state index is 0.0510. The smallest absolute Gasteiger partial charge is 0.295 e. The molecule has 0 radical (unpaired) electrons. The summed E-state index contributed by atoms with van der Waals surface area (Å²) in [5.41, 5.74) is 2.21. The SMILES string of the molecule is CCOc1ccc([C@@H]2C(=C(O)c3ccc4c(c3)C[C@H](C)O4)C(=O)C(=O)N2CCCN(CC)CC)cc1OC. The molecule has 2 aliphatic heterocycles. The summed E-state index contributed by atoms with van der Waals surface area (Å²) in [6.07, 6.45) is 1.47. The fraction of sp³-hybridized carbons (Fsp3) is 0.467. The van der Waals surface area contributed by atoms with Gasteiger partial charge in [0.05, 0.1) is 25.3 Å². The predicted octanol–water partition coefficient (Wildman–Crippen LogP) is 4.57. The summed E-state index contributed by atoms with van der Waals surface area (Å²) >= 11 is 0. The van der Waals surface area contributed by atoms with Crippen LogP contribution in [0.4, 0.5) is 0 Å². The van der Waals surface area contributed by atoms with Gasteiger partial charge in [-0.05, 0) is 81.4 Å². The molecule has 4 rings (SSSR count). The molecule has 0 spiro atoms. The van der Waals surface area contributed by atoms with Gasteiger partial charge in [0.15, 0.2) is 11.5 Å². The fourth-order valence-electron chi connectivity index (χ4n) is 5.32. The van der Waals surface area contributed by atoms with Crippen LogP contribution in [0.15, 0.2) is 42.0 Å². The Morgan fingerprint density at radius 1 is 1.11 bits per heavy atom. The number of ether oxygens (including phenoxy) is 3. The highest BCUT2D eigenvalue weighted by Crippen LogP contribution is 2.42. The number of fused-ring (bicyclic) bond motifs is 1. The molecule has 1 fully saturated rings. The van der Waals surface area contributed by atoms with Crippen LogP contribution in [0.5, 0.6) is 17.2 Å². The van der Waals surface area contributed by atoms with Crippen molar-refractivity contribution in [3.63, 3.8) is 0 Å². The van der Waals surface area contributed by atoms with E-state index in [1.54, 1.807) is 30.2 Å². The Bertz CT molecular complexity index is 1220. The van der Waals surface area contributed by atoms with E-state index in [2.05, 4.69) is 18.7 Å². The third kappa shape index (κ3) is 5.36. The number of rotatable bonds is 11. The van der Waals surface area contributed by atoms with E-state index in [-0.39, 0.29) is 17.4 Å². The van der Waals surface area contributed by atoms with E-state index < -0.39 is 17.7 Å². The summed E-state index contributed by atoms with van der Waals surface area (Å²) in [4.78, 5) is 30.6. The van der Waals surface area contributed by atoms with Crippen LogP contribution in [-0.2, 0) is 16.0 Å². The summed E-state index contributed by atoms with van der Waals surface area (Å²) in [7, 11) is 1.55. The largest absolute Gasteiger partial charge is 0.507 e. The van der Waals surface area contributed by atoms with Crippen LogP contribution in [0, 0.1) is 0 Å². The first kappa shape index (κ1) is 27.5. The zero-order chi connectivity index (χ0) is 27.4. The average Bonchev–Trinajstić information content (AvgIpc) is 3.42. The minimum Gasteiger partial charge on any atom is -0.507 e. The van der Waals surface area contributed by atoms with Crippen molar-refractivity contribution in [1.29, 1.82) is 0 Å². The van der Waals surface area contributed by atoms with Crippen LogP contribution in [0.1, 0.15) is 56.8 Å². The zero-order valence-corrected chi connectivity index (χ0v) is 23.0. The molecular formula is C30H38N2O6. The van der Waals surface area contributed by atoms with Crippen LogP contribution in [-0.4, -0.2) is 72.6 Å². The molecular weight excluding hydrogens is 484 g/mol. The Labute approximate surface area is 224 Å². The van der Waals surface area contributed by atoms with Crippen LogP contribution < -0.4 is 14.2 Å². The van der Waals surface area contributed by atoms with E-state index in [0.29, 0.717) is 42.2 Å². The van der Waals surface area contributed by atoms with E-state index in [1.807, 2.05) is 32.0 Å². The van der Waals surface area contributed by atoms with Gasteiger partial charge in [-0.25, -0.2) is 0 Å². The Hall–Kier alpha value is -3.52. The number of hydrogen-bond donors (Lipinski definition) is 1. The molecule has 204 valence electrons. The van der Waals surface area contributed by atoms with Gasteiger partial charge in [0.1, 0.15) is 17.6 Å². The lowest BCUT2D eigenvalue weighted by atomic mass is 9.94. The normalized spacial score (nSPS) is 20.1. The number of ketones is 1. The molecule has 2 aliphatic rings. The average molecular weight is 523 g/mol. The molecule has 0 saturated carbocycles. The first-order chi connectivity index (χ1) is 18.3. The van der Waals surface area contributed by atoms with Crippen molar-refractivity contribution >= 4 is 17.4 Å². The van der Waals surface area contributed by atoms with Gasteiger partial charge in [0, 0.05) is 18.5 Å². The molecule has 1 amide bonds. The molecule has 2 aromatic rings. The van der Waals surface area contributed by atoms with Crippen molar-refractivity contribution in [2.45, 2.75) is 52.7 Å². The highest BCUT2D eigenvalue weighted by Gasteiger charge is 2.46. The Balaban J connectivity index is 1.78. The Kier molecular flexibility index (Phi) is 8.62. The van der Waals surface area contributed by atoms with Crippen LogP contribution in [0.25, 0.3) is 5.76 Å². The standard InChI is InChI=1S/C30H38N2O6/c1-6-31(7-2)14-9-15-32-27(20-10-13-24(37-8-3)25(18-20)36-5)26(29(34)30(32)35)28(33)21-11-12-23-22(17-21)16-19(4)38-23/h10-13,17-19,27,33H,6-9,14-16H2,1-5H3/t19-,27+/m0/s1. The van der Waals surface area contributed by atoms with Gasteiger partial charge in [-0.1, -0.05) is 19.9 Å². The number of nitrogens with zero attached hydrogens (tertiary/aromatic N) is 2. The number of Topliss-reactive ketones (excluding diaryl/α,β-unsaturated/α-hetero) is 1. The molecule has 2 atom stereocenters. The van der Waals surface area contributed by atoms with Gasteiger partial charge < -0.3 is 29.1 Å². The molecule has 38 heavy (non-hydrogen) atoms. The van der Waals surface area contributed by atoms with Gasteiger partial charge in [-0.3, -0.25) is 9.59 Å². The van der Waals surface area contributed by atoms with E-state index in [4.69, 9.17) is 14.2 Å². The maximum atomic E-state index is 13.4. The second-order valence-corrected chi connectivity index (χ2v) is 9.67. The fourth-order valence-corrected chi connectivity index (χ4v) is 5.32. The molecule has 8 nitrogen and oxygen atoms in total. The quantitative estimate of drug-likeness (QED) is 0.263. The van der Waals surface area contributed by atoms with E-state index in [1.165, 1.54) is 0 Å². The van der Waals surface area contributed by atoms with Crippen molar-refractivity contribution in [2.24, 2.45) is 0 Å². The first-order valence-corrected chi connectivity index (χ1v) is 13.4. The van der Waals surface area contributed by atoms with Gasteiger partial charge in [0.2, 0.25) is 0 Å². The van der Waals surface area contributed by atoms with E-state index >= 15 is 0 Å². The summed E-state index contributed by atoms with van der Waals surface area (Å²) in [6.45, 7) is 11.6. The maximum Gasteiger partial charge on any atom is 0.295 e. The lowest BCUT2D eigenvalue weighted by Gasteiger charge is -2.27. The maximum absolute atomic E-state index is 13.4. The second-order valence-electron chi connectivity index (χ2n) is 9.67. The summed E-state index contributed by atoms with van der Waals surface area (Å²) in [5, 5.41) is 11.5. The van der Waals surface area contributed by atoms with Crippen molar-refractivity contribution in [3.8, 4) is 17.2 Å². The summed E-state index contributed by atoms with van der Waals surface area (Å²) in [6, 6.07) is 10.0. The number of aliphatic hydroxyl groups excluding tert-OH is 1. The van der Waals surface area contributed by atoms with Crippen molar-refractivity contribution in [3.05, 3.63) is 58.7 Å². The Morgan fingerprint density at radius 2 is 1.87 bits per heavy atom. The molecule has 0 bridgehead atoms. The minimum atomic E-state index is -0.750. The number of carbonyl (C=O) groups excluding carboxylic acids is 2. The molecule has 1 saturated heterocycles. The molecule has 0 aromatic heterocycles. The van der Waals surface area contributed by atoms with Crippen LogP contribution in [0.2, 0.25) is 0 Å². The monoisotopic (exact) mass is 522 g/mol. The predicted molar refractivity (Wildman–Crippen MR) is 146 cm³/mol. The van der Waals surface area contributed by atoms with Gasteiger partial charge in [-0.15, -0.1) is 0 Å². The highest BCUT2D eigenvalue weighted by atomic mass is 16.5. The number of amides is 1. The summed E-state index contributed by atoms with van der Waals surface area (Å²) < 4.78 is 17.0. The third-order valence-electron chi connectivity index (χ3n) is 7.28. The Morgan fingerprint density at radius 3 is 2.55 bits per heavy atom. The molecule has 2 heterocycles. The highest BCUT2D eigenvalue weighted by molar-refractivity contribution is 6.46. The van der Waals surface area contributed by atoms with Crippen molar-refractivity contribution in [2.75, 3.05) is 39.9 Å². The lowest BCUT2D eigenvalue weighted by molar-refractivity contribution is -0.140.